The molecule has 1 heterocycles. The normalized spacial score (nSPS) is 11.6. The van der Waals surface area contributed by atoms with Crippen LogP contribution >= 0.6 is 0 Å². The first kappa shape index (κ1) is 21.7. The van der Waals surface area contributed by atoms with Crippen molar-refractivity contribution in [3.05, 3.63) is 89.6 Å². The third-order valence-electron chi connectivity index (χ3n) is 4.61. The molecule has 0 radical (unpaired) electrons. The second-order valence-corrected chi connectivity index (χ2v) is 9.16. The molecule has 6 nitrogen and oxygen atoms in total. The Bertz CT molecular complexity index is 1110. The molecule has 0 saturated carbocycles. The molecule has 3 aromatic rings. The summed E-state index contributed by atoms with van der Waals surface area (Å²) in [6, 6.07) is 20.6. The minimum absolute atomic E-state index is 0.150. The summed E-state index contributed by atoms with van der Waals surface area (Å²) in [5, 5.41) is 2.72. The Morgan fingerprint density at radius 2 is 1.63 bits per heavy atom. The van der Waals surface area contributed by atoms with Gasteiger partial charge < -0.3 is 5.32 Å². The monoisotopic (exact) mass is 423 g/mol. The number of aryl methyl sites for hydroxylation is 1. The van der Waals surface area contributed by atoms with E-state index in [2.05, 4.69) is 10.3 Å². The highest BCUT2D eigenvalue weighted by atomic mass is 32.2. The van der Waals surface area contributed by atoms with E-state index in [4.69, 9.17) is 0 Å². The zero-order chi connectivity index (χ0) is 21.7. The maximum atomic E-state index is 13.2. The number of nitrogens with one attached hydrogen (secondary N) is 1. The maximum absolute atomic E-state index is 13.2. The number of rotatable bonds is 7. The molecule has 0 aliphatic carbocycles. The van der Waals surface area contributed by atoms with Gasteiger partial charge in [0.2, 0.25) is 10.0 Å². The maximum Gasteiger partial charge on any atom is 0.256 e. The Morgan fingerprint density at radius 1 is 0.967 bits per heavy atom. The smallest absolute Gasteiger partial charge is 0.256 e. The second-order valence-electron chi connectivity index (χ2n) is 7.27. The van der Waals surface area contributed by atoms with E-state index < -0.39 is 10.0 Å². The van der Waals surface area contributed by atoms with Crippen LogP contribution in [0.5, 0.6) is 0 Å². The number of amides is 1. The summed E-state index contributed by atoms with van der Waals surface area (Å²) in [6.07, 6.45) is 0. The summed E-state index contributed by atoms with van der Waals surface area (Å²) >= 11 is 0. The number of benzene rings is 2. The quantitative estimate of drug-likeness (QED) is 0.616. The van der Waals surface area contributed by atoms with Crippen LogP contribution in [-0.4, -0.2) is 29.7 Å². The Hall–Kier alpha value is -3.03. The second kappa shape index (κ2) is 9.19. The molecule has 3 rings (SSSR count). The molecule has 1 amide bonds. The van der Waals surface area contributed by atoms with E-state index in [0.29, 0.717) is 11.4 Å². The largest absolute Gasteiger partial charge is 0.307 e. The first-order chi connectivity index (χ1) is 14.3. The predicted octanol–water partition coefficient (Wildman–Crippen LogP) is 4.24. The lowest BCUT2D eigenvalue weighted by Crippen LogP contribution is -2.36. The van der Waals surface area contributed by atoms with E-state index in [9.17, 15) is 13.2 Å². The Balaban J connectivity index is 1.80. The van der Waals surface area contributed by atoms with Gasteiger partial charge in [0.1, 0.15) is 5.82 Å². The molecular formula is C23H25N3O3S. The topological polar surface area (TPSA) is 79.4 Å². The zero-order valence-electron chi connectivity index (χ0n) is 17.2. The number of carbonyl (C=O) groups is 1. The van der Waals surface area contributed by atoms with Crippen LogP contribution in [0.1, 0.15) is 35.5 Å². The van der Waals surface area contributed by atoms with Crippen molar-refractivity contribution in [2.24, 2.45) is 0 Å². The summed E-state index contributed by atoms with van der Waals surface area (Å²) in [5.74, 6) is 0.104. The number of hydrogen-bond acceptors (Lipinski definition) is 4. The number of aromatic nitrogens is 1. The zero-order valence-corrected chi connectivity index (χ0v) is 18.1. The van der Waals surface area contributed by atoms with Crippen molar-refractivity contribution >= 4 is 21.7 Å². The van der Waals surface area contributed by atoms with E-state index in [1.54, 1.807) is 12.1 Å². The van der Waals surface area contributed by atoms with Crippen molar-refractivity contribution < 1.29 is 13.2 Å². The van der Waals surface area contributed by atoms with E-state index >= 15 is 0 Å². The van der Waals surface area contributed by atoms with Crippen molar-refractivity contribution in [3.63, 3.8) is 0 Å². The van der Waals surface area contributed by atoms with Gasteiger partial charge in [-0.05, 0) is 62.7 Å². The Morgan fingerprint density at radius 3 is 2.23 bits per heavy atom. The number of hydrogen-bond donors (Lipinski definition) is 1. The molecule has 0 bridgehead atoms. The third kappa shape index (κ3) is 5.11. The van der Waals surface area contributed by atoms with Gasteiger partial charge in [0.15, 0.2) is 0 Å². The molecule has 0 aliphatic heterocycles. The summed E-state index contributed by atoms with van der Waals surface area (Å²) in [5.41, 5.74) is 2.06. The van der Waals surface area contributed by atoms with Crippen LogP contribution in [0, 0.1) is 6.92 Å². The fraction of sp³-hybridized carbons (Fsp3) is 0.217. The summed E-state index contributed by atoms with van der Waals surface area (Å²) < 4.78 is 27.9. The van der Waals surface area contributed by atoms with Gasteiger partial charge in [-0.3, -0.25) is 4.79 Å². The Kier molecular flexibility index (Phi) is 6.64. The van der Waals surface area contributed by atoms with Crippen molar-refractivity contribution in [2.45, 2.75) is 38.3 Å². The molecule has 30 heavy (non-hydrogen) atoms. The van der Waals surface area contributed by atoms with Crippen LogP contribution in [0.15, 0.2) is 77.7 Å². The van der Waals surface area contributed by atoms with E-state index in [1.165, 1.54) is 28.6 Å². The van der Waals surface area contributed by atoms with Gasteiger partial charge in [0, 0.05) is 23.8 Å². The number of carbonyl (C=O) groups excluding carboxylic acids is 1. The molecule has 2 aromatic carbocycles. The van der Waals surface area contributed by atoms with Gasteiger partial charge in [0.05, 0.1) is 4.90 Å². The van der Waals surface area contributed by atoms with Crippen LogP contribution in [0.3, 0.4) is 0 Å². The average molecular weight is 424 g/mol. The van der Waals surface area contributed by atoms with Crippen LogP contribution in [-0.2, 0) is 16.6 Å². The number of pyridine rings is 1. The fourth-order valence-corrected chi connectivity index (χ4v) is 4.65. The highest BCUT2D eigenvalue weighted by Gasteiger charge is 2.27. The van der Waals surface area contributed by atoms with Crippen molar-refractivity contribution in [3.8, 4) is 0 Å². The third-order valence-corrected chi connectivity index (χ3v) is 6.65. The van der Waals surface area contributed by atoms with Gasteiger partial charge in [-0.15, -0.1) is 0 Å². The number of sulfonamides is 1. The molecule has 7 heteroatoms. The summed E-state index contributed by atoms with van der Waals surface area (Å²) in [4.78, 5) is 16.9. The van der Waals surface area contributed by atoms with Crippen molar-refractivity contribution in [1.29, 1.82) is 0 Å². The Labute approximate surface area is 177 Å². The predicted molar refractivity (Wildman–Crippen MR) is 118 cm³/mol. The minimum atomic E-state index is -3.72. The molecule has 0 unspecified atom stereocenters. The molecule has 0 atom stereocenters. The lowest BCUT2D eigenvalue weighted by molar-refractivity contribution is 0.102. The van der Waals surface area contributed by atoms with Gasteiger partial charge in [-0.2, -0.15) is 4.31 Å². The van der Waals surface area contributed by atoms with Gasteiger partial charge >= 0.3 is 0 Å². The molecule has 156 valence electrons. The van der Waals surface area contributed by atoms with Gasteiger partial charge in [-0.1, -0.05) is 36.4 Å². The van der Waals surface area contributed by atoms with Crippen LogP contribution in [0.4, 0.5) is 5.82 Å². The molecule has 0 aliphatic rings. The molecule has 0 fully saturated rings. The number of anilines is 1. The molecule has 1 aromatic heterocycles. The molecule has 0 spiro atoms. The fourth-order valence-electron chi connectivity index (χ4n) is 3.02. The average Bonchev–Trinajstić information content (AvgIpc) is 2.72. The molecule has 1 N–H and O–H groups in total. The van der Waals surface area contributed by atoms with E-state index in [1.807, 2.05) is 57.2 Å². The highest BCUT2D eigenvalue weighted by molar-refractivity contribution is 7.89. The molecule has 0 saturated heterocycles. The van der Waals surface area contributed by atoms with Crippen molar-refractivity contribution in [2.75, 3.05) is 5.32 Å². The lowest BCUT2D eigenvalue weighted by atomic mass is 10.2. The number of nitrogens with zero attached hydrogens (tertiary/aromatic N) is 2. The molecular weight excluding hydrogens is 398 g/mol. The highest BCUT2D eigenvalue weighted by Crippen LogP contribution is 2.22. The van der Waals surface area contributed by atoms with Gasteiger partial charge in [-0.25, -0.2) is 13.4 Å². The first-order valence-corrected chi connectivity index (χ1v) is 11.1. The SMILES string of the molecule is Cc1cccc(NC(=O)c2ccc(S(=O)(=O)N(Cc3ccccc3)C(C)C)cc2)n1. The van der Waals surface area contributed by atoms with Gasteiger partial charge in [0.25, 0.3) is 5.91 Å². The summed E-state index contributed by atoms with van der Waals surface area (Å²) in [6.45, 7) is 5.81. The van der Waals surface area contributed by atoms with Crippen LogP contribution < -0.4 is 5.32 Å². The van der Waals surface area contributed by atoms with E-state index in [-0.39, 0.29) is 23.4 Å². The summed E-state index contributed by atoms with van der Waals surface area (Å²) in [7, 11) is -3.72. The standard InChI is InChI=1S/C23H25N3O3S/c1-17(2)26(16-19-9-5-4-6-10-19)30(28,29)21-14-12-20(13-15-21)23(27)25-22-11-7-8-18(3)24-22/h4-15,17H,16H2,1-3H3,(H,24,25,27). The van der Waals surface area contributed by atoms with Crippen molar-refractivity contribution in [1.82, 2.24) is 9.29 Å². The minimum Gasteiger partial charge on any atom is -0.307 e. The van der Waals surface area contributed by atoms with Crippen LogP contribution in [0.2, 0.25) is 0 Å². The van der Waals surface area contributed by atoms with E-state index in [0.717, 1.165) is 11.3 Å². The first-order valence-electron chi connectivity index (χ1n) is 9.68. The van der Waals surface area contributed by atoms with Crippen LogP contribution in [0.25, 0.3) is 0 Å². The lowest BCUT2D eigenvalue weighted by Gasteiger charge is -2.26.